The summed E-state index contributed by atoms with van der Waals surface area (Å²) in [6, 6.07) is 13.8. The van der Waals surface area contributed by atoms with E-state index in [0.29, 0.717) is 16.3 Å². The fourth-order valence-electron chi connectivity index (χ4n) is 2.03. The van der Waals surface area contributed by atoms with Gasteiger partial charge < -0.3 is 10.1 Å². The number of carbonyl (C=O) groups excluding carboxylic acids is 2. The molecule has 24 heavy (non-hydrogen) atoms. The summed E-state index contributed by atoms with van der Waals surface area (Å²) < 4.78 is 17.0. The lowest BCUT2D eigenvalue weighted by Crippen LogP contribution is -2.21. The molecule has 1 N–H and O–H groups in total. The number of anilines is 1. The van der Waals surface area contributed by atoms with Crippen LogP contribution in [0, 0.1) is 6.92 Å². The number of esters is 1. The van der Waals surface area contributed by atoms with Crippen molar-refractivity contribution in [3.8, 4) is 0 Å². The van der Waals surface area contributed by atoms with E-state index in [9.17, 15) is 13.8 Å². The summed E-state index contributed by atoms with van der Waals surface area (Å²) in [5.41, 5.74) is 1.94. The first kappa shape index (κ1) is 17.9. The van der Waals surface area contributed by atoms with Crippen LogP contribution in [0.2, 0.25) is 0 Å². The number of hydrogen-bond donors (Lipinski definition) is 1. The van der Waals surface area contributed by atoms with E-state index < -0.39 is 29.3 Å². The monoisotopic (exact) mass is 345 g/mol. The van der Waals surface area contributed by atoms with Crippen molar-refractivity contribution in [2.45, 2.75) is 18.7 Å². The Morgan fingerprint density at radius 2 is 1.75 bits per heavy atom. The Hall–Kier alpha value is -2.47. The van der Waals surface area contributed by atoms with E-state index in [1.807, 2.05) is 19.1 Å². The molecule has 0 heterocycles. The molecule has 0 saturated heterocycles. The van der Waals surface area contributed by atoms with Gasteiger partial charge in [0.1, 0.15) is 0 Å². The van der Waals surface area contributed by atoms with Crippen molar-refractivity contribution in [3.63, 3.8) is 0 Å². The molecule has 2 aromatic carbocycles. The van der Waals surface area contributed by atoms with Gasteiger partial charge in [-0.05, 0) is 31.2 Å². The van der Waals surface area contributed by atoms with Gasteiger partial charge in [-0.15, -0.1) is 0 Å². The molecule has 0 aliphatic heterocycles. The van der Waals surface area contributed by atoms with E-state index in [4.69, 9.17) is 4.74 Å². The summed E-state index contributed by atoms with van der Waals surface area (Å²) in [6.07, 6.45) is 0. The van der Waals surface area contributed by atoms with Crippen molar-refractivity contribution in [1.29, 1.82) is 0 Å². The van der Waals surface area contributed by atoms with Crippen molar-refractivity contribution in [3.05, 3.63) is 59.7 Å². The number of nitrogens with one attached hydrogen (secondary N) is 1. The zero-order valence-corrected chi connectivity index (χ0v) is 14.4. The lowest BCUT2D eigenvalue weighted by molar-refractivity contribution is -0.119. The smallest absolute Gasteiger partial charge is 0.339 e. The molecule has 0 radical (unpaired) electrons. The van der Waals surface area contributed by atoms with E-state index in [1.54, 1.807) is 43.3 Å². The second kappa shape index (κ2) is 8.40. The fraction of sp³-hybridized carbons (Fsp3) is 0.222. The molecular formula is C18H19NO4S. The Morgan fingerprint density at radius 1 is 1.08 bits per heavy atom. The highest BCUT2D eigenvalue weighted by Gasteiger charge is 2.17. The van der Waals surface area contributed by atoms with Crippen LogP contribution in [0.3, 0.4) is 0 Å². The molecule has 2 rings (SSSR count). The van der Waals surface area contributed by atoms with Gasteiger partial charge in [-0.2, -0.15) is 0 Å². The highest BCUT2D eigenvalue weighted by atomic mass is 32.2. The van der Waals surface area contributed by atoms with Gasteiger partial charge in [-0.1, -0.05) is 36.8 Å². The normalized spacial score (nSPS) is 11.6. The highest BCUT2D eigenvalue weighted by Crippen LogP contribution is 2.15. The molecule has 126 valence electrons. The van der Waals surface area contributed by atoms with Gasteiger partial charge in [0, 0.05) is 11.4 Å². The minimum atomic E-state index is -1.27. The second-order valence-corrected chi connectivity index (χ2v) is 6.83. The Kier molecular flexibility index (Phi) is 6.26. The van der Waals surface area contributed by atoms with Crippen molar-refractivity contribution in [1.82, 2.24) is 0 Å². The number of aryl methyl sites for hydroxylation is 1. The molecule has 0 aromatic heterocycles. The first-order valence-corrected chi connectivity index (χ1v) is 8.84. The Labute approximate surface area is 143 Å². The van der Waals surface area contributed by atoms with Crippen LogP contribution in [0.15, 0.2) is 53.4 Å². The van der Waals surface area contributed by atoms with Crippen LogP contribution in [0.25, 0.3) is 0 Å². The van der Waals surface area contributed by atoms with E-state index in [0.717, 1.165) is 5.56 Å². The summed E-state index contributed by atoms with van der Waals surface area (Å²) in [5.74, 6) is -0.689. The lowest BCUT2D eigenvalue weighted by Gasteiger charge is -2.09. The van der Waals surface area contributed by atoms with Gasteiger partial charge >= 0.3 is 5.97 Å². The molecule has 0 fully saturated rings. The van der Waals surface area contributed by atoms with Gasteiger partial charge in [0.05, 0.1) is 21.3 Å². The number of benzene rings is 2. The molecule has 1 atom stereocenters. The second-order valence-electron chi connectivity index (χ2n) is 5.12. The molecule has 0 spiro atoms. The van der Waals surface area contributed by atoms with Crippen molar-refractivity contribution in [2.24, 2.45) is 0 Å². The Morgan fingerprint density at radius 3 is 2.42 bits per heavy atom. The van der Waals surface area contributed by atoms with Gasteiger partial charge in [0.2, 0.25) is 0 Å². The third kappa shape index (κ3) is 4.76. The lowest BCUT2D eigenvalue weighted by atomic mass is 10.2. The topological polar surface area (TPSA) is 72.5 Å². The molecular weight excluding hydrogens is 326 g/mol. The molecule has 6 heteroatoms. The molecule has 2 aromatic rings. The summed E-state index contributed by atoms with van der Waals surface area (Å²) in [5, 5.41) is 2.65. The highest BCUT2D eigenvalue weighted by molar-refractivity contribution is 7.85. The standard InChI is InChI=1S/C18H19NO4S/c1-3-24(22)16-7-5-4-6-15(16)18(21)23-12-17(20)19-14-10-8-13(2)9-11-14/h4-11H,3,12H2,1-2H3,(H,19,20)/t24-/m1/s1. The minimum absolute atomic E-state index is 0.223. The molecule has 0 aliphatic rings. The van der Waals surface area contributed by atoms with Crippen LogP contribution in [0.5, 0.6) is 0 Å². The predicted octanol–water partition coefficient (Wildman–Crippen LogP) is 2.92. The molecule has 0 saturated carbocycles. The summed E-state index contributed by atoms with van der Waals surface area (Å²) in [7, 11) is -1.27. The minimum Gasteiger partial charge on any atom is -0.452 e. The SMILES string of the molecule is CC[S@@](=O)c1ccccc1C(=O)OCC(=O)Nc1ccc(C)cc1. The predicted molar refractivity (Wildman–Crippen MR) is 93.5 cm³/mol. The van der Waals surface area contributed by atoms with Crippen molar-refractivity contribution < 1.29 is 18.5 Å². The largest absolute Gasteiger partial charge is 0.452 e. The summed E-state index contributed by atoms with van der Waals surface area (Å²) in [6.45, 7) is 3.32. The molecule has 5 nitrogen and oxygen atoms in total. The van der Waals surface area contributed by atoms with E-state index in [1.165, 1.54) is 0 Å². The zero-order valence-electron chi connectivity index (χ0n) is 13.6. The van der Waals surface area contributed by atoms with E-state index >= 15 is 0 Å². The molecule has 0 bridgehead atoms. The van der Waals surface area contributed by atoms with Crippen LogP contribution in [-0.2, 0) is 20.3 Å². The summed E-state index contributed by atoms with van der Waals surface area (Å²) in [4.78, 5) is 24.4. The molecule has 0 aliphatic carbocycles. The van der Waals surface area contributed by atoms with Gasteiger partial charge in [-0.25, -0.2) is 4.79 Å². The average Bonchev–Trinajstić information content (AvgIpc) is 2.61. The average molecular weight is 345 g/mol. The van der Waals surface area contributed by atoms with Crippen LogP contribution in [-0.4, -0.2) is 28.4 Å². The number of hydrogen-bond acceptors (Lipinski definition) is 4. The summed E-state index contributed by atoms with van der Waals surface area (Å²) >= 11 is 0. The van der Waals surface area contributed by atoms with Crippen LogP contribution in [0.1, 0.15) is 22.8 Å². The first-order valence-electron chi connectivity index (χ1n) is 7.52. The van der Waals surface area contributed by atoms with Crippen LogP contribution < -0.4 is 5.32 Å². The number of carbonyl (C=O) groups is 2. The van der Waals surface area contributed by atoms with E-state index in [2.05, 4.69) is 5.32 Å². The third-order valence-corrected chi connectivity index (χ3v) is 4.66. The number of rotatable bonds is 6. The molecule has 0 unspecified atom stereocenters. The Balaban J connectivity index is 1.97. The van der Waals surface area contributed by atoms with E-state index in [-0.39, 0.29) is 5.56 Å². The van der Waals surface area contributed by atoms with Crippen LogP contribution >= 0.6 is 0 Å². The van der Waals surface area contributed by atoms with Gasteiger partial charge in [-0.3, -0.25) is 9.00 Å². The van der Waals surface area contributed by atoms with Crippen LogP contribution in [0.4, 0.5) is 5.69 Å². The van der Waals surface area contributed by atoms with Crippen molar-refractivity contribution in [2.75, 3.05) is 17.7 Å². The number of amides is 1. The quantitative estimate of drug-likeness (QED) is 0.817. The maximum Gasteiger partial charge on any atom is 0.339 e. The van der Waals surface area contributed by atoms with Crippen molar-refractivity contribution >= 4 is 28.4 Å². The maximum atomic E-state index is 12.2. The first-order chi connectivity index (χ1) is 11.5. The zero-order chi connectivity index (χ0) is 17.5. The third-order valence-electron chi connectivity index (χ3n) is 3.28. The Bertz CT molecular complexity index is 756. The molecule has 1 amide bonds. The number of ether oxygens (including phenoxy) is 1. The fourth-order valence-corrected chi connectivity index (χ4v) is 2.97. The van der Waals surface area contributed by atoms with Gasteiger partial charge in [0.25, 0.3) is 5.91 Å². The van der Waals surface area contributed by atoms with Gasteiger partial charge in [0.15, 0.2) is 6.61 Å². The maximum absolute atomic E-state index is 12.2.